The highest BCUT2D eigenvalue weighted by molar-refractivity contribution is 5.95. The maximum Gasteiger partial charge on any atom is 0.326 e. The van der Waals surface area contributed by atoms with E-state index in [2.05, 4.69) is 21.3 Å². The lowest BCUT2D eigenvalue weighted by atomic mass is 9.97. The van der Waals surface area contributed by atoms with Gasteiger partial charge in [-0.15, -0.1) is 0 Å². The number of carbonyl (C=O) groups excluding carboxylic acids is 4. The van der Waals surface area contributed by atoms with Gasteiger partial charge >= 0.3 is 11.9 Å². The smallest absolute Gasteiger partial charge is 0.326 e. The van der Waals surface area contributed by atoms with Crippen molar-refractivity contribution < 1.29 is 49.2 Å². The Balaban J connectivity index is 5.44. The highest BCUT2D eigenvalue weighted by Crippen LogP contribution is 2.10. The molecule has 0 unspecified atom stereocenters. The van der Waals surface area contributed by atoms with Crippen LogP contribution in [0.15, 0.2) is 0 Å². The molecule has 0 bridgehead atoms. The zero-order valence-electron chi connectivity index (χ0n) is 22.1. The van der Waals surface area contributed by atoms with Crippen LogP contribution in [0, 0.1) is 11.8 Å². The van der Waals surface area contributed by atoms with Gasteiger partial charge in [-0.2, -0.15) is 0 Å². The Morgan fingerprint density at radius 2 is 1.21 bits per heavy atom. The molecule has 0 aliphatic heterocycles. The van der Waals surface area contributed by atoms with E-state index in [-0.39, 0.29) is 12.3 Å². The van der Waals surface area contributed by atoms with E-state index in [1.54, 1.807) is 13.8 Å². The van der Waals surface area contributed by atoms with Crippen LogP contribution in [0.1, 0.15) is 53.4 Å². The van der Waals surface area contributed by atoms with Gasteiger partial charge in [0, 0.05) is 6.42 Å². The number of rotatable bonds is 18. The van der Waals surface area contributed by atoms with Crippen molar-refractivity contribution in [1.82, 2.24) is 21.3 Å². The number of nitrogens with two attached hydrogens (primary N) is 1. The summed E-state index contributed by atoms with van der Waals surface area (Å²) < 4.78 is 0. The standard InChI is InChI=1S/C23H41N5O10/c1-5-12(4)18(22(36)25-14(23(37)38)6-7-17(31)32)28-21(35)16(10-30)27-20(34)15(9-29)26-19(33)13(24)8-11(2)3/h11-16,18,29-30H,5-10,24H2,1-4H3,(H,25,36)(H,26,33)(H,27,34)(H,28,35)(H,31,32)(H,37,38)/t12-,13-,14-,15-,16-,18-/m0/s1. The van der Waals surface area contributed by atoms with Gasteiger partial charge in [0.2, 0.25) is 23.6 Å². The van der Waals surface area contributed by atoms with Crippen molar-refractivity contribution in [2.75, 3.05) is 13.2 Å². The van der Waals surface area contributed by atoms with Gasteiger partial charge in [-0.3, -0.25) is 24.0 Å². The average molecular weight is 548 g/mol. The maximum atomic E-state index is 12.8. The number of aliphatic carboxylic acids is 2. The number of carbonyl (C=O) groups is 6. The minimum atomic E-state index is -1.58. The van der Waals surface area contributed by atoms with E-state index in [0.717, 1.165) is 0 Å². The normalized spacial score (nSPS) is 15.8. The van der Waals surface area contributed by atoms with E-state index >= 15 is 0 Å². The fourth-order valence-electron chi connectivity index (χ4n) is 3.30. The first-order valence-corrected chi connectivity index (χ1v) is 12.3. The third kappa shape index (κ3) is 12.3. The Morgan fingerprint density at radius 1 is 0.737 bits per heavy atom. The van der Waals surface area contributed by atoms with Crippen LogP contribution in [0.4, 0.5) is 0 Å². The Bertz CT molecular complexity index is 837. The molecule has 0 spiro atoms. The van der Waals surface area contributed by atoms with E-state index in [4.69, 9.17) is 10.8 Å². The fourth-order valence-corrected chi connectivity index (χ4v) is 3.30. The average Bonchev–Trinajstić information content (AvgIpc) is 2.84. The van der Waals surface area contributed by atoms with Crippen LogP contribution >= 0.6 is 0 Å². The lowest BCUT2D eigenvalue weighted by Gasteiger charge is -2.28. The van der Waals surface area contributed by atoms with E-state index in [1.807, 2.05) is 13.8 Å². The lowest BCUT2D eigenvalue weighted by Crippen LogP contribution is -2.60. The SMILES string of the molecule is CC[C@H](C)[C@H](NC(=O)[C@H](CO)NC(=O)[C@H](CO)NC(=O)[C@@H](N)CC(C)C)C(=O)N[C@@H](CCC(=O)O)C(=O)O. The number of hydrogen-bond acceptors (Lipinski definition) is 9. The molecule has 15 heteroatoms. The molecule has 0 aliphatic rings. The molecule has 0 aromatic rings. The zero-order chi connectivity index (χ0) is 29.6. The van der Waals surface area contributed by atoms with E-state index in [9.17, 15) is 44.1 Å². The third-order valence-corrected chi connectivity index (χ3v) is 5.75. The van der Waals surface area contributed by atoms with Crippen LogP contribution in [0.2, 0.25) is 0 Å². The molecule has 0 saturated carbocycles. The molecule has 0 radical (unpaired) electrons. The van der Waals surface area contributed by atoms with Gasteiger partial charge in [0.25, 0.3) is 0 Å². The number of amides is 4. The Morgan fingerprint density at radius 3 is 1.63 bits per heavy atom. The monoisotopic (exact) mass is 547 g/mol. The molecular weight excluding hydrogens is 506 g/mol. The summed E-state index contributed by atoms with van der Waals surface area (Å²) in [5.74, 6) is -6.70. The van der Waals surface area contributed by atoms with Crippen molar-refractivity contribution >= 4 is 35.6 Å². The molecule has 38 heavy (non-hydrogen) atoms. The van der Waals surface area contributed by atoms with Gasteiger partial charge in [0.05, 0.1) is 19.3 Å². The summed E-state index contributed by atoms with van der Waals surface area (Å²) in [4.78, 5) is 72.6. The van der Waals surface area contributed by atoms with E-state index in [1.165, 1.54) is 0 Å². The van der Waals surface area contributed by atoms with Crippen molar-refractivity contribution in [3.8, 4) is 0 Å². The number of aliphatic hydroxyl groups excluding tert-OH is 2. The van der Waals surface area contributed by atoms with Crippen LogP contribution in [-0.2, 0) is 28.8 Å². The second-order valence-corrected chi connectivity index (χ2v) is 9.43. The summed E-state index contributed by atoms with van der Waals surface area (Å²) in [6.07, 6.45) is -0.203. The summed E-state index contributed by atoms with van der Waals surface area (Å²) in [5.41, 5.74) is 5.78. The van der Waals surface area contributed by atoms with Crippen LogP contribution < -0.4 is 27.0 Å². The summed E-state index contributed by atoms with van der Waals surface area (Å²) >= 11 is 0. The molecule has 0 fully saturated rings. The zero-order valence-corrected chi connectivity index (χ0v) is 22.1. The van der Waals surface area contributed by atoms with Gasteiger partial charge in [0.1, 0.15) is 24.2 Å². The topological polar surface area (TPSA) is 257 Å². The highest BCUT2D eigenvalue weighted by atomic mass is 16.4. The number of nitrogens with one attached hydrogen (secondary N) is 4. The van der Waals surface area contributed by atoms with Crippen LogP contribution in [0.5, 0.6) is 0 Å². The fraction of sp³-hybridized carbons (Fsp3) is 0.739. The summed E-state index contributed by atoms with van der Waals surface area (Å²) in [5, 5.41) is 46.4. The molecule has 15 nitrogen and oxygen atoms in total. The molecule has 218 valence electrons. The summed E-state index contributed by atoms with van der Waals surface area (Å²) in [7, 11) is 0. The number of carboxylic acids is 2. The molecule has 10 N–H and O–H groups in total. The van der Waals surface area contributed by atoms with Crippen molar-refractivity contribution in [2.45, 2.75) is 83.6 Å². The number of carboxylic acid groups (broad SMARTS) is 2. The Kier molecular flexibility index (Phi) is 15.8. The first-order chi connectivity index (χ1) is 17.7. The first-order valence-electron chi connectivity index (χ1n) is 12.3. The summed E-state index contributed by atoms with van der Waals surface area (Å²) in [6.45, 7) is 5.28. The molecule has 0 aromatic carbocycles. The number of aliphatic hydroxyl groups is 2. The van der Waals surface area contributed by atoms with E-state index in [0.29, 0.717) is 12.8 Å². The molecule has 0 heterocycles. The second-order valence-electron chi connectivity index (χ2n) is 9.43. The predicted octanol–water partition coefficient (Wildman–Crippen LogP) is -2.72. The molecule has 0 aliphatic carbocycles. The van der Waals surface area contributed by atoms with Gasteiger partial charge in [0.15, 0.2) is 0 Å². The predicted molar refractivity (Wildman–Crippen MR) is 133 cm³/mol. The Labute approximate surface area is 220 Å². The molecular formula is C23H41N5O10. The second kappa shape index (κ2) is 17.3. The van der Waals surface area contributed by atoms with Gasteiger partial charge in [-0.25, -0.2) is 4.79 Å². The molecule has 0 saturated heterocycles. The first kappa shape index (κ1) is 34.7. The van der Waals surface area contributed by atoms with Gasteiger partial charge in [-0.1, -0.05) is 34.1 Å². The lowest BCUT2D eigenvalue weighted by molar-refractivity contribution is -0.143. The van der Waals surface area contributed by atoms with Gasteiger partial charge in [-0.05, 0) is 24.7 Å². The minimum absolute atomic E-state index is 0.0956. The van der Waals surface area contributed by atoms with Crippen LogP contribution in [0.25, 0.3) is 0 Å². The van der Waals surface area contributed by atoms with Crippen LogP contribution in [-0.4, -0.2) is 99.4 Å². The quantitative estimate of drug-likeness (QED) is 0.0851. The Hall–Kier alpha value is -3.30. The summed E-state index contributed by atoms with van der Waals surface area (Å²) in [6, 6.07) is -6.80. The number of hydrogen-bond donors (Lipinski definition) is 9. The van der Waals surface area contributed by atoms with Crippen molar-refractivity contribution in [3.05, 3.63) is 0 Å². The van der Waals surface area contributed by atoms with Crippen molar-refractivity contribution in [2.24, 2.45) is 17.6 Å². The largest absolute Gasteiger partial charge is 0.481 e. The van der Waals surface area contributed by atoms with Crippen molar-refractivity contribution in [1.29, 1.82) is 0 Å². The van der Waals surface area contributed by atoms with Gasteiger partial charge < -0.3 is 47.4 Å². The third-order valence-electron chi connectivity index (χ3n) is 5.75. The maximum absolute atomic E-state index is 12.8. The molecule has 6 atom stereocenters. The van der Waals surface area contributed by atoms with Crippen molar-refractivity contribution in [3.63, 3.8) is 0 Å². The molecule has 0 rings (SSSR count). The molecule has 4 amide bonds. The molecule has 0 aromatic heterocycles. The van der Waals surface area contributed by atoms with E-state index < -0.39 is 91.3 Å². The van der Waals surface area contributed by atoms with Crippen LogP contribution in [0.3, 0.4) is 0 Å². The minimum Gasteiger partial charge on any atom is -0.481 e. The highest BCUT2D eigenvalue weighted by Gasteiger charge is 2.33.